The highest BCUT2D eigenvalue weighted by Gasteiger charge is 2.19. The summed E-state index contributed by atoms with van der Waals surface area (Å²) in [7, 11) is 0. The second kappa shape index (κ2) is 7.49. The number of piperazine rings is 1. The van der Waals surface area contributed by atoms with E-state index in [2.05, 4.69) is 20.9 Å². The summed E-state index contributed by atoms with van der Waals surface area (Å²) in [5.41, 5.74) is 2.26. The van der Waals surface area contributed by atoms with Gasteiger partial charge in [0.1, 0.15) is 0 Å². The van der Waals surface area contributed by atoms with Crippen LogP contribution in [0.25, 0.3) is 0 Å². The molecule has 0 saturated carbocycles. The fraction of sp³-hybridized carbons (Fsp3) is 0.389. The van der Waals surface area contributed by atoms with Gasteiger partial charge in [-0.05, 0) is 17.2 Å². The lowest BCUT2D eigenvalue weighted by molar-refractivity contribution is 0.0701. The van der Waals surface area contributed by atoms with Crippen LogP contribution < -0.4 is 0 Å². The standard InChI is InChI=1S/C18H23N3O/c22-18(17-6-2-1-3-7-17)15-21-11-9-20(10-12-21)14-16-5-4-8-19-13-16/h1-8,13,18,22H,9-12,14-15H2. The molecule has 2 aromatic rings. The molecule has 2 heterocycles. The van der Waals surface area contributed by atoms with Gasteiger partial charge in [0.25, 0.3) is 0 Å². The average molecular weight is 297 g/mol. The first kappa shape index (κ1) is 15.2. The van der Waals surface area contributed by atoms with Crippen molar-refractivity contribution in [3.8, 4) is 0 Å². The van der Waals surface area contributed by atoms with Crippen LogP contribution in [0.1, 0.15) is 17.2 Å². The Hall–Kier alpha value is -1.75. The first-order chi connectivity index (χ1) is 10.8. The number of aromatic nitrogens is 1. The van der Waals surface area contributed by atoms with Gasteiger partial charge in [0.2, 0.25) is 0 Å². The van der Waals surface area contributed by atoms with Gasteiger partial charge in [-0.1, -0.05) is 36.4 Å². The van der Waals surface area contributed by atoms with Crippen LogP contribution in [-0.2, 0) is 6.54 Å². The van der Waals surface area contributed by atoms with Crippen molar-refractivity contribution in [2.24, 2.45) is 0 Å². The third-order valence-corrected chi connectivity index (χ3v) is 4.21. The zero-order valence-electron chi connectivity index (χ0n) is 12.8. The van der Waals surface area contributed by atoms with Gasteiger partial charge in [0, 0.05) is 51.7 Å². The largest absolute Gasteiger partial charge is 0.387 e. The Labute approximate surface area is 132 Å². The highest BCUT2D eigenvalue weighted by molar-refractivity contribution is 5.17. The molecular formula is C18H23N3O. The highest BCUT2D eigenvalue weighted by Crippen LogP contribution is 2.15. The predicted molar refractivity (Wildman–Crippen MR) is 87.4 cm³/mol. The minimum atomic E-state index is -0.397. The molecule has 1 aromatic carbocycles. The minimum absolute atomic E-state index is 0.397. The number of aliphatic hydroxyl groups excluding tert-OH is 1. The van der Waals surface area contributed by atoms with E-state index in [1.165, 1.54) is 5.56 Å². The molecule has 116 valence electrons. The number of β-amino-alcohol motifs (C(OH)–C–C–N with tert-alkyl or cyclic N) is 1. The Balaban J connectivity index is 1.46. The van der Waals surface area contributed by atoms with Crippen LogP contribution in [0.5, 0.6) is 0 Å². The SMILES string of the molecule is OC(CN1CCN(Cc2cccnc2)CC1)c1ccccc1. The van der Waals surface area contributed by atoms with Gasteiger partial charge in [-0.3, -0.25) is 14.8 Å². The second-order valence-electron chi connectivity index (χ2n) is 5.86. The van der Waals surface area contributed by atoms with Crippen molar-refractivity contribution in [2.75, 3.05) is 32.7 Å². The number of aliphatic hydroxyl groups is 1. The molecule has 1 aliphatic rings. The zero-order valence-corrected chi connectivity index (χ0v) is 12.8. The fourth-order valence-electron chi connectivity index (χ4n) is 2.90. The number of nitrogens with zero attached hydrogens (tertiary/aromatic N) is 3. The van der Waals surface area contributed by atoms with Crippen molar-refractivity contribution in [3.63, 3.8) is 0 Å². The highest BCUT2D eigenvalue weighted by atomic mass is 16.3. The van der Waals surface area contributed by atoms with Gasteiger partial charge in [0.15, 0.2) is 0 Å². The summed E-state index contributed by atoms with van der Waals surface area (Å²) in [6.45, 7) is 5.76. The molecule has 3 rings (SSSR count). The molecular weight excluding hydrogens is 274 g/mol. The summed E-state index contributed by atoms with van der Waals surface area (Å²) in [4.78, 5) is 8.96. The molecule has 1 aliphatic heterocycles. The normalized spacial score (nSPS) is 18.2. The molecule has 4 nitrogen and oxygen atoms in total. The molecule has 4 heteroatoms. The van der Waals surface area contributed by atoms with Crippen LogP contribution >= 0.6 is 0 Å². The quantitative estimate of drug-likeness (QED) is 0.915. The molecule has 1 fully saturated rings. The summed E-state index contributed by atoms with van der Waals surface area (Å²) in [6, 6.07) is 14.0. The summed E-state index contributed by atoms with van der Waals surface area (Å²) in [5, 5.41) is 10.3. The molecule has 0 spiro atoms. The summed E-state index contributed by atoms with van der Waals surface area (Å²) in [5.74, 6) is 0. The van der Waals surface area contributed by atoms with Gasteiger partial charge < -0.3 is 5.11 Å². The molecule has 1 atom stereocenters. The van der Waals surface area contributed by atoms with E-state index in [0.717, 1.165) is 38.3 Å². The van der Waals surface area contributed by atoms with E-state index in [1.807, 2.05) is 48.8 Å². The lowest BCUT2D eigenvalue weighted by Crippen LogP contribution is -2.47. The third-order valence-electron chi connectivity index (χ3n) is 4.21. The van der Waals surface area contributed by atoms with E-state index in [1.54, 1.807) is 0 Å². The molecule has 1 saturated heterocycles. The van der Waals surface area contributed by atoms with Crippen LogP contribution in [0, 0.1) is 0 Å². The van der Waals surface area contributed by atoms with Crippen LogP contribution in [0.3, 0.4) is 0 Å². The van der Waals surface area contributed by atoms with E-state index in [0.29, 0.717) is 6.54 Å². The molecule has 22 heavy (non-hydrogen) atoms. The van der Waals surface area contributed by atoms with Crippen molar-refractivity contribution >= 4 is 0 Å². The number of pyridine rings is 1. The average Bonchev–Trinajstić information content (AvgIpc) is 2.58. The summed E-state index contributed by atoms with van der Waals surface area (Å²) in [6.07, 6.45) is 3.35. The number of rotatable bonds is 5. The lowest BCUT2D eigenvalue weighted by Gasteiger charge is -2.35. The van der Waals surface area contributed by atoms with Gasteiger partial charge >= 0.3 is 0 Å². The maximum Gasteiger partial charge on any atom is 0.0916 e. The van der Waals surface area contributed by atoms with Crippen molar-refractivity contribution in [2.45, 2.75) is 12.6 Å². The van der Waals surface area contributed by atoms with Gasteiger partial charge in [0.05, 0.1) is 6.10 Å². The van der Waals surface area contributed by atoms with E-state index in [4.69, 9.17) is 0 Å². The predicted octanol–water partition coefficient (Wildman–Crippen LogP) is 1.93. The summed E-state index contributed by atoms with van der Waals surface area (Å²) >= 11 is 0. The fourth-order valence-corrected chi connectivity index (χ4v) is 2.90. The van der Waals surface area contributed by atoms with Crippen molar-refractivity contribution in [1.82, 2.24) is 14.8 Å². The third kappa shape index (κ3) is 4.13. The van der Waals surface area contributed by atoms with Gasteiger partial charge in [-0.25, -0.2) is 0 Å². The lowest BCUT2D eigenvalue weighted by atomic mass is 10.1. The Morgan fingerprint density at radius 2 is 1.68 bits per heavy atom. The van der Waals surface area contributed by atoms with Crippen molar-refractivity contribution in [3.05, 3.63) is 66.0 Å². The van der Waals surface area contributed by atoms with Gasteiger partial charge in [-0.15, -0.1) is 0 Å². The van der Waals surface area contributed by atoms with Crippen LogP contribution in [-0.4, -0.2) is 52.6 Å². The minimum Gasteiger partial charge on any atom is -0.387 e. The molecule has 1 N–H and O–H groups in total. The Bertz CT molecular complexity index is 553. The van der Waals surface area contributed by atoms with E-state index >= 15 is 0 Å². The molecule has 0 aliphatic carbocycles. The molecule has 0 radical (unpaired) electrons. The number of hydrogen-bond acceptors (Lipinski definition) is 4. The Morgan fingerprint density at radius 3 is 2.36 bits per heavy atom. The van der Waals surface area contributed by atoms with E-state index in [9.17, 15) is 5.11 Å². The van der Waals surface area contributed by atoms with E-state index < -0.39 is 6.10 Å². The van der Waals surface area contributed by atoms with Crippen molar-refractivity contribution in [1.29, 1.82) is 0 Å². The first-order valence-corrected chi connectivity index (χ1v) is 7.88. The molecule has 1 unspecified atom stereocenters. The first-order valence-electron chi connectivity index (χ1n) is 7.88. The van der Waals surface area contributed by atoms with Gasteiger partial charge in [-0.2, -0.15) is 0 Å². The van der Waals surface area contributed by atoms with Crippen LogP contribution in [0.15, 0.2) is 54.9 Å². The van der Waals surface area contributed by atoms with Crippen LogP contribution in [0.4, 0.5) is 0 Å². The Kier molecular flexibility index (Phi) is 5.16. The molecule has 0 bridgehead atoms. The smallest absolute Gasteiger partial charge is 0.0916 e. The maximum absolute atomic E-state index is 10.3. The Morgan fingerprint density at radius 1 is 0.955 bits per heavy atom. The van der Waals surface area contributed by atoms with Crippen molar-refractivity contribution < 1.29 is 5.11 Å². The zero-order chi connectivity index (χ0) is 15.2. The monoisotopic (exact) mass is 297 g/mol. The van der Waals surface area contributed by atoms with E-state index in [-0.39, 0.29) is 0 Å². The summed E-state index contributed by atoms with van der Waals surface area (Å²) < 4.78 is 0. The number of benzene rings is 1. The second-order valence-corrected chi connectivity index (χ2v) is 5.86. The topological polar surface area (TPSA) is 39.6 Å². The number of hydrogen-bond donors (Lipinski definition) is 1. The molecule has 0 amide bonds. The van der Waals surface area contributed by atoms with Crippen LogP contribution in [0.2, 0.25) is 0 Å². The molecule has 1 aromatic heterocycles. The maximum atomic E-state index is 10.3.